The molecule has 4 heteroatoms. The SMILES string of the molecule is Cc1cccc(S(=O)(=O)CC2CCCCC2)c1N. The van der Waals surface area contributed by atoms with Crippen LogP contribution in [0, 0.1) is 12.8 Å². The Hall–Kier alpha value is -1.03. The van der Waals surface area contributed by atoms with Crippen LogP contribution in [0.5, 0.6) is 0 Å². The standard InChI is InChI=1S/C14H21NO2S/c1-11-6-5-9-13(14(11)15)18(16,17)10-12-7-3-2-4-8-12/h5-6,9,12H,2-4,7-8,10,15H2,1H3. The van der Waals surface area contributed by atoms with Crippen molar-refractivity contribution in [2.45, 2.75) is 43.9 Å². The van der Waals surface area contributed by atoms with E-state index in [1.807, 2.05) is 13.0 Å². The third-order valence-corrected chi connectivity index (χ3v) is 5.74. The second kappa shape index (κ2) is 5.31. The van der Waals surface area contributed by atoms with E-state index >= 15 is 0 Å². The van der Waals surface area contributed by atoms with Crippen molar-refractivity contribution in [3.8, 4) is 0 Å². The van der Waals surface area contributed by atoms with Gasteiger partial charge in [0.05, 0.1) is 16.3 Å². The van der Waals surface area contributed by atoms with Crippen LogP contribution in [0.25, 0.3) is 0 Å². The van der Waals surface area contributed by atoms with Crippen molar-refractivity contribution in [1.82, 2.24) is 0 Å². The zero-order valence-corrected chi connectivity index (χ0v) is 11.7. The number of sulfone groups is 1. The molecule has 0 bridgehead atoms. The van der Waals surface area contributed by atoms with E-state index in [9.17, 15) is 8.42 Å². The molecule has 1 aliphatic carbocycles. The van der Waals surface area contributed by atoms with E-state index in [2.05, 4.69) is 0 Å². The van der Waals surface area contributed by atoms with Crippen molar-refractivity contribution >= 4 is 15.5 Å². The summed E-state index contributed by atoms with van der Waals surface area (Å²) in [5, 5.41) is 0. The fourth-order valence-electron chi connectivity index (χ4n) is 2.68. The summed E-state index contributed by atoms with van der Waals surface area (Å²) in [6, 6.07) is 5.23. The first-order valence-electron chi connectivity index (χ1n) is 6.58. The van der Waals surface area contributed by atoms with Crippen molar-refractivity contribution in [3.05, 3.63) is 23.8 Å². The summed E-state index contributed by atoms with van der Waals surface area (Å²) in [5.74, 6) is 0.560. The maximum atomic E-state index is 12.4. The van der Waals surface area contributed by atoms with Gasteiger partial charge in [0.25, 0.3) is 0 Å². The Kier molecular flexibility index (Phi) is 3.95. The molecule has 18 heavy (non-hydrogen) atoms. The lowest BCUT2D eigenvalue weighted by molar-refractivity contribution is 0.385. The highest BCUT2D eigenvalue weighted by Gasteiger charge is 2.24. The molecule has 0 heterocycles. The van der Waals surface area contributed by atoms with Crippen LogP contribution in [0.4, 0.5) is 5.69 Å². The van der Waals surface area contributed by atoms with Gasteiger partial charge in [0, 0.05) is 0 Å². The average molecular weight is 267 g/mol. The van der Waals surface area contributed by atoms with Crippen molar-refractivity contribution in [3.63, 3.8) is 0 Å². The van der Waals surface area contributed by atoms with Crippen LogP contribution < -0.4 is 5.73 Å². The minimum atomic E-state index is -3.24. The Balaban J connectivity index is 2.22. The quantitative estimate of drug-likeness (QED) is 0.857. The maximum absolute atomic E-state index is 12.4. The van der Waals surface area contributed by atoms with Gasteiger partial charge in [-0.2, -0.15) is 0 Å². The summed E-state index contributed by atoms with van der Waals surface area (Å²) in [4.78, 5) is 0.313. The maximum Gasteiger partial charge on any atom is 0.180 e. The number of aryl methyl sites for hydroxylation is 1. The van der Waals surface area contributed by atoms with Crippen LogP contribution in [0.2, 0.25) is 0 Å². The molecule has 1 aromatic carbocycles. The third kappa shape index (κ3) is 2.86. The van der Waals surface area contributed by atoms with Gasteiger partial charge in [0.15, 0.2) is 9.84 Å². The van der Waals surface area contributed by atoms with E-state index in [4.69, 9.17) is 5.73 Å². The van der Waals surface area contributed by atoms with Crippen molar-refractivity contribution in [2.75, 3.05) is 11.5 Å². The highest BCUT2D eigenvalue weighted by molar-refractivity contribution is 7.91. The second-order valence-corrected chi connectivity index (χ2v) is 7.27. The lowest BCUT2D eigenvalue weighted by Gasteiger charge is -2.21. The number of hydrogen-bond donors (Lipinski definition) is 1. The zero-order chi connectivity index (χ0) is 13.2. The molecule has 0 aliphatic heterocycles. The fourth-order valence-corrected chi connectivity index (χ4v) is 4.59. The zero-order valence-electron chi connectivity index (χ0n) is 10.9. The monoisotopic (exact) mass is 267 g/mol. The molecule has 3 nitrogen and oxygen atoms in total. The van der Waals surface area contributed by atoms with Crippen LogP contribution >= 0.6 is 0 Å². The minimum absolute atomic E-state index is 0.251. The highest BCUT2D eigenvalue weighted by Crippen LogP contribution is 2.29. The first-order chi connectivity index (χ1) is 8.50. The topological polar surface area (TPSA) is 60.2 Å². The Morgan fingerprint density at radius 1 is 1.22 bits per heavy atom. The molecule has 100 valence electrons. The van der Waals surface area contributed by atoms with E-state index in [1.54, 1.807) is 12.1 Å². The van der Waals surface area contributed by atoms with Crippen molar-refractivity contribution < 1.29 is 8.42 Å². The molecular formula is C14H21NO2S. The lowest BCUT2D eigenvalue weighted by atomic mass is 9.91. The summed E-state index contributed by atoms with van der Waals surface area (Å²) in [5.41, 5.74) is 7.14. The minimum Gasteiger partial charge on any atom is -0.397 e. The van der Waals surface area contributed by atoms with Crippen molar-refractivity contribution in [1.29, 1.82) is 0 Å². The molecule has 2 rings (SSSR count). The van der Waals surface area contributed by atoms with Crippen LogP contribution in [0.1, 0.15) is 37.7 Å². The Bertz CT molecular complexity index is 517. The van der Waals surface area contributed by atoms with Gasteiger partial charge in [-0.1, -0.05) is 31.4 Å². The molecule has 1 fully saturated rings. The summed E-state index contributed by atoms with van der Waals surface area (Å²) in [6.45, 7) is 1.84. The molecule has 0 radical (unpaired) electrons. The largest absolute Gasteiger partial charge is 0.397 e. The van der Waals surface area contributed by atoms with Crippen LogP contribution in [-0.2, 0) is 9.84 Å². The molecule has 0 unspecified atom stereocenters. The summed E-state index contributed by atoms with van der Waals surface area (Å²) in [7, 11) is -3.24. The number of rotatable bonds is 3. The number of para-hydroxylation sites is 1. The van der Waals surface area contributed by atoms with Gasteiger partial charge in [-0.05, 0) is 37.3 Å². The van der Waals surface area contributed by atoms with Crippen molar-refractivity contribution in [2.24, 2.45) is 5.92 Å². The Morgan fingerprint density at radius 2 is 1.89 bits per heavy atom. The number of nitrogen functional groups attached to an aromatic ring is 1. The third-order valence-electron chi connectivity index (χ3n) is 3.80. The van der Waals surface area contributed by atoms with E-state index in [-0.39, 0.29) is 5.75 Å². The fraction of sp³-hybridized carbons (Fsp3) is 0.571. The van der Waals surface area contributed by atoms with E-state index in [0.717, 1.165) is 31.2 Å². The molecule has 1 saturated carbocycles. The van der Waals surface area contributed by atoms with Gasteiger partial charge in [-0.25, -0.2) is 8.42 Å². The molecule has 2 N–H and O–H groups in total. The Morgan fingerprint density at radius 3 is 2.56 bits per heavy atom. The normalized spacial score (nSPS) is 17.8. The van der Waals surface area contributed by atoms with Crippen LogP contribution in [0.3, 0.4) is 0 Å². The first-order valence-corrected chi connectivity index (χ1v) is 8.24. The van der Waals surface area contributed by atoms with Gasteiger partial charge in [-0.3, -0.25) is 0 Å². The lowest BCUT2D eigenvalue weighted by Crippen LogP contribution is -2.20. The molecule has 1 aromatic rings. The van der Waals surface area contributed by atoms with E-state index in [1.165, 1.54) is 6.42 Å². The number of nitrogens with two attached hydrogens (primary N) is 1. The predicted octanol–water partition coefficient (Wildman–Crippen LogP) is 2.93. The summed E-state index contributed by atoms with van der Waals surface area (Å²) >= 11 is 0. The molecule has 0 aromatic heterocycles. The number of anilines is 1. The van der Waals surface area contributed by atoms with Gasteiger partial charge in [0.2, 0.25) is 0 Å². The van der Waals surface area contributed by atoms with Gasteiger partial charge in [0.1, 0.15) is 0 Å². The molecule has 0 amide bonds. The molecule has 0 atom stereocenters. The predicted molar refractivity (Wildman–Crippen MR) is 74.2 cm³/mol. The van der Waals surface area contributed by atoms with Gasteiger partial charge in [-0.15, -0.1) is 0 Å². The molecule has 0 spiro atoms. The van der Waals surface area contributed by atoms with Crippen LogP contribution in [0.15, 0.2) is 23.1 Å². The summed E-state index contributed by atoms with van der Waals surface area (Å²) in [6.07, 6.45) is 5.62. The summed E-state index contributed by atoms with van der Waals surface area (Å²) < 4.78 is 24.8. The number of benzene rings is 1. The van der Waals surface area contributed by atoms with Gasteiger partial charge < -0.3 is 5.73 Å². The highest BCUT2D eigenvalue weighted by atomic mass is 32.2. The smallest absolute Gasteiger partial charge is 0.180 e. The second-order valence-electron chi connectivity index (χ2n) is 5.27. The van der Waals surface area contributed by atoms with Gasteiger partial charge >= 0.3 is 0 Å². The van der Waals surface area contributed by atoms with E-state index in [0.29, 0.717) is 16.5 Å². The Labute approximate surface area is 109 Å². The molecule has 1 aliphatic rings. The number of hydrogen-bond acceptors (Lipinski definition) is 3. The van der Waals surface area contributed by atoms with Crippen LogP contribution in [-0.4, -0.2) is 14.2 Å². The first kappa shape index (κ1) is 13.4. The average Bonchev–Trinajstić information content (AvgIpc) is 2.33. The van der Waals surface area contributed by atoms with E-state index < -0.39 is 9.84 Å². The molecule has 0 saturated heterocycles. The molecular weight excluding hydrogens is 246 g/mol.